The quantitative estimate of drug-likeness (QED) is 0.346. The van der Waals surface area contributed by atoms with Crippen LogP contribution in [0.4, 0.5) is 5.69 Å². The number of thiazole rings is 1. The second kappa shape index (κ2) is 10.1. The standard InChI is InChI=1S/C32H28N4O3S/c1-19-28(30(37)34-22-10-6-5-7-11-22)29(21-14-16-23(39-4)17-15-21)36-31(38)27(40-32(36)33-19)18-25-20(2)35(3)26-13-9-8-12-24(25)26/h5-18,29H,1-4H3,(H,34,37)/b27-18+/t29-/m1/s1. The van der Waals surface area contributed by atoms with Crippen molar-refractivity contribution in [3.63, 3.8) is 0 Å². The number of ether oxygens (including phenoxy) is 1. The molecule has 0 spiro atoms. The fourth-order valence-electron chi connectivity index (χ4n) is 5.30. The molecule has 5 aromatic rings. The van der Waals surface area contributed by atoms with Crippen LogP contribution in [0, 0.1) is 6.92 Å². The zero-order valence-electron chi connectivity index (χ0n) is 22.6. The Morgan fingerprint density at radius 3 is 2.42 bits per heavy atom. The van der Waals surface area contributed by atoms with Crippen molar-refractivity contribution < 1.29 is 9.53 Å². The first kappa shape index (κ1) is 25.6. The Morgan fingerprint density at radius 1 is 1.00 bits per heavy atom. The molecule has 1 aliphatic rings. The Hall–Kier alpha value is -4.69. The van der Waals surface area contributed by atoms with Crippen LogP contribution >= 0.6 is 11.3 Å². The molecule has 1 atom stereocenters. The van der Waals surface area contributed by atoms with E-state index in [4.69, 9.17) is 9.73 Å². The molecule has 0 fully saturated rings. The predicted molar refractivity (Wildman–Crippen MR) is 159 cm³/mol. The van der Waals surface area contributed by atoms with Crippen LogP contribution in [0.3, 0.4) is 0 Å². The maximum Gasteiger partial charge on any atom is 0.271 e. The molecule has 0 saturated heterocycles. The third kappa shape index (κ3) is 4.26. The van der Waals surface area contributed by atoms with E-state index in [1.807, 2.05) is 86.8 Å². The van der Waals surface area contributed by atoms with Gasteiger partial charge in [0.15, 0.2) is 4.80 Å². The third-order valence-corrected chi connectivity index (χ3v) is 8.44. The number of benzene rings is 3. The van der Waals surface area contributed by atoms with E-state index in [1.165, 1.54) is 11.3 Å². The molecule has 8 heteroatoms. The molecule has 1 aliphatic heterocycles. The highest BCUT2D eigenvalue weighted by molar-refractivity contribution is 7.07. The van der Waals surface area contributed by atoms with Gasteiger partial charge in [-0.15, -0.1) is 0 Å². The summed E-state index contributed by atoms with van der Waals surface area (Å²) in [6, 6.07) is 24.3. The number of para-hydroxylation sites is 2. The van der Waals surface area contributed by atoms with Gasteiger partial charge in [0.25, 0.3) is 11.5 Å². The monoisotopic (exact) mass is 548 g/mol. The molecule has 6 rings (SSSR count). The normalized spacial score (nSPS) is 15.2. The number of hydrogen-bond acceptors (Lipinski definition) is 5. The number of amides is 1. The summed E-state index contributed by atoms with van der Waals surface area (Å²) in [4.78, 5) is 33.2. The van der Waals surface area contributed by atoms with Gasteiger partial charge in [-0.1, -0.05) is 59.9 Å². The molecular formula is C32H28N4O3S. The summed E-state index contributed by atoms with van der Waals surface area (Å²) in [6.45, 7) is 3.88. The number of hydrogen-bond donors (Lipinski definition) is 1. The average Bonchev–Trinajstić information content (AvgIpc) is 3.41. The Labute approximate surface area is 235 Å². The van der Waals surface area contributed by atoms with Crippen LogP contribution in [-0.2, 0) is 11.8 Å². The number of anilines is 1. The maximum atomic E-state index is 14.1. The van der Waals surface area contributed by atoms with Crippen LogP contribution < -0.4 is 24.9 Å². The molecule has 40 heavy (non-hydrogen) atoms. The summed E-state index contributed by atoms with van der Waals surface area (Å²) < 4.78 is 9.70. The number of aromatic nitrogens is 2. The minimum Gasteiger partial charge on any atom is -0.497 e. The molecule has 1 N–H and O–H groups in total. The van der Waals surface area contributed by atoms with Crippen molar-refractivity contribution in [2.24, 2.45) is 12.0 Å². The molecule has 200 valence electrons. The summed E-state index contributed by atoms with van der Waals surface area (Å²) in [5.41, 5.74) is 5.45. The second-order valence-corrected chi connectivity index (χ2v) is 10.8. The zero-order chi connectivity index (χ0) is 28.0. The number of carbonyl (C=O) groups excluding carboxylic acids is 1. The number of allylic oxidation sites excluding steroid dienone is 1. The average molecular weight is 549 g/mol. The molecule has 0 bridgehead atoms. The van der Waals surface area contributed by atoms with Crippen molar-refractivity contribution in [2.75, 3.05) is 12.4 Å². The summed E-state index contributed by atoms with van der Waals surface area (Å²) in [5.74, 6) is 0.394. The third-order valence-electron chi connectivity index (χ3n) is 7.45. The van der Waals surface area contributed by atoms with Crippen LogP contribution in [0.5, 0.6) is 5.75 Å². The summed E-state index contributed by atoms with van der Waals surface area (Å²) in [6.07, 6.45) is 1.95. The topological polar surface area (TPSA) is 77.6 Å². The van der Waals surface area contributed by atoms with Gasteiger partial charge in [0.2, 0.25) is 0 Å². The van der Waals surface area contributed by atoms with Crippen molar-refractivity contribution >= 4 is 39.9 Å². The van der Waals surface area contributed by atoms with Crippen molar-refractivity contribution in [2.45, 2.75) is 19.9 Å². The fourth-order valence-corrected chi connectivity index (χ4v) is 6.33. The Bertz CT molecular complexity index is 1980. The van der Waals surface area contributed by atoms with E-state index in [9.17, 15) is 9.59 Å². The van der Waals surface area contributed by atoms with Crippen LogP contribution in [0.25, 0.3) is 17.0 Å². The van der Waals surface area contributed by atoms with Gasteiger partial charge < -0.3 is 14.6 Å². The van der Waals surface area contributed by atoms with Crippen LogP contribution in [0.15, 0.2) is 99.9 Å². The van der Waals surface area contributed by atoms with Gasteiger partial charge in [-0.3, -0.25) is 14.2 Å². The number of methoxy groups -OCH3 is 1. The van der Waals surface area contributed by atoms with Gasteiger partial charge in [-0.2, -0.15) is 0 Å². The maximum absolute atomic E-state index is 14.1. The molecule has 1 amide bonds. The summed E-state index contributed by atoms with van der Waals surface area (Å²) in [7, 11) is 3.64. The lowest BCUT2D eigenvalue weighted by molar-refractivity contribution is -0.113. The number of fused-ring (bicyclic) bond motifs is 2. The number of aryl methyl sites for hydroxylation is 1. The number of carbonyl (C=O) groups is 1. The lowest BCUT2D eigenvalue weighted by Crippen LogP contribution is -2.40. The number of rotatable bonds is 5. The van der Waals surface area contributed by atoms with Crippen LogP contribution in [-0.4, -0.2) is 22.2 Å². The van der Waals surface area contributed by atoms with Gasteiger partial charge in [0.1, 0.15) is 5.75 Å². The zero-order valence-corrected chi connectivity index (χ0v) is 23.5. The Balaban J connectivity index is 1.55. The fraction of sp³-hybridized carbons (Fsp3) is 0.156. The lowest BCUT2D eigenvalue weighted by Gasteiger charge is -2.25. The summed E-state index contributed by atoms with van der Waals surface area (Å²) in [5, 5.41) is 4.07. The van der Waals surface area contributed by atoms with Crippen molar-refractivity contribution in [1.82, 2.24) is 9.13 Å². The highest BCUT2D eigenvalue weighted by atomic mass is 32.1. The molecule has 0 saturated carbocycles. The predicted octanol–water partition coefficient (Wildman–Crippen LogP) is 4.68. The SMILES string of the molecule is COc1ccc([C@@H]2C(C(=O)Nc3ccccc3)=C(C)N=c3s/c(=C/c4c(C)n(C)c5ccccc45)c(=O)n32)cc1. The molecular weight excluding hydrogens is 520 g/mol. The second-order valence-electron chi connectivity index (χ2n) is 9.75. The van der Waals surface area contributed by atoms with Crippen molar-refractivity contribution in [3.8, 4) is 5.75 Å². The number of nitrogens with zero attached hydrogens (tertiary/aromatic N) is 3. The molecule has 0 aliphatic carbocycles. The van der Waals surface area contributed by atoms with Gasteiger partial charge >= 0.3 is 0 Å². The van der Waals surface area contributed by atoms with E-state index < -0.39 is 6.04 Å². The highest BCUT2D eigenvalue weighted by Crippen LogP contribution is 2.32. The summed E-state index contributed by atoms with van der Waals surface area (Å²) >= 11 is 1.34. The van der Waals surface area contributed by atoms with E-state index in [0.717, 1.165) is 27.7 Å². The minimum atomic E-state index is -0.651. The smallest absolute Gasteiger partial charge is 0.271 e. The van der Waals surface area contributed by atoms with E-state index in [2.05, 4.69) is 28.9 Å². The largest absolute Gasteiger partial charge is 0.497 e. The van der Waals surface area contributed by atoms with Gasteiger partial charge in [-0.25, -0.2) is 4.99 Å². The van der Waals surface area contributed by atoms with Gasteiger partial charge in [0.05, 0.1) is 29.0 Å². The Morgan fingerprint density at radius 2 is 1.70 bits per heavy atom. The van der Waals surface area contributed by atoms with E-state index in [1.54, 1.807) is 11.7 Å². The molecule has 2 aromatic heterocycles. The highest BCUT2D eigenvalue weighted by Gasteiger charge is 2.32. The van der Waals surface area contributed by atoms with E-state index in [-0.39, 0.29) is 11.5 Å². The van der Waals surface area contributed by atoms with Crippen molar-refractivity contribution in [3.05, 3.63) is 127 Å². The Kier molecular flexibility index (Phi) is 6.48. The van der Waals surface area contributed by atoms with Crippen molar-refractivity contribution in [1.29, 1.82) is 0 Å². The van der Waals surface area contributed by atoms with Gasteiger partial charge in [0, 0.05) is 34.9 Å². The van der Waals surface area contributed by atoms with E-state index >= 15 is 0 Å². The molecule has 0 unspecified atom stereocenters. The minimum absolute atomic E-state index is 0.186. The number of nitrogens with one attached hydrogen (secondary N) is 1. The first-order valence-corrected chi connectivity index (χ1v) is 13.8. The van der Waals surface area contributed by atoms with E-state index in [0.29, 0.717) is 32.0 Å². The first-order valence-electron chi connectivity index (χ1n) is 12.9. The van der Waals surface area contributed by atoms with Crippen LogP contribution in [0.2, 0.25) is 0 Å². The molecule has 7 nitrogen and oxygen atoms in total. The van der Waals surface area contributed by atoms with Crippen LogP contribution in [0.1, 0.15) is 29.8 Å². The van der Waals surface area contributed by atoms with Gasteiger partial charge in [-0.05, 0) is 55.8 Å². The lowest BCUT2D eigenvalue weighted by atomic mass is 9.95. The molecule has 0 radical (unpaired) electrons. The first-order chi connectivity index (χ1) is 19.4. The molecule has 3 aromatic carbocycles. The molecule has 3 heterocycles.